The lowest BCUT2D eigenvalue weighted by Crippen LogP contribution is -2.47. The molecular weight excluding hydrogens is 458 g/mol. The van der Waals surface area contributed by atoms with Gasteiger partial charge in [-0.1, -0.05) is 28.1 Å². The monoisotopic (exact) mass is 477 g/mol. The Morgan fingerprint density at radius 3 is 2.45 bits per heavy atom. The predicted molar refractivity (Wildman–Crippen MR) is 125 cm³/mol. The van der Waals surface area contributed by atoms with E-state index in [1.807, 2.05) is 48.7 Å². The van der Waals surface area contributed by atoms with Crippen molar-refractivity contribution in [3.63, 3.8) is 0 Å². The molecule has 31 heavy (non-hydrogen) atoms. The number of piperazine rings is 1. The lowest BCUT2D eigenvalue weighted by molar-refractivity contribution is 0.468. The zero-order valence-electron chi connectivity index (χ0n) is 16.6. The molecule has 5 rings (SSSR count). The molecular formula is C22H20BrN7O. The molecule has 156 valence electrons. The van der Waals surface area contributed by atoms with Gasteiger partial charge in [-0.25, -0.2) is 9.97 Å². The fourth-order valence-corrected chi connectivity index (χ4v) is 4.14. The summed E-state index contributed by atoms with van der Waals surface area (Å²) in [5, 5.41) is 0.957. The van der Waals surface area contributed by atoms with E-state index in [2.05, 4.69) is 45.7 Å². The third-order valence-electron chi connectivity index (χ3n) is 5.26. The SMILES string of the molecule is Nc1c(Oc2ccc(Br)c3cccnc23)ncnc1N1CCN(c2ccccn2)CC1. The van der Waals surface area contributed by atoms with Crippen LogP contribution in [0, 0.1) is 0 Å². The Kier molecular flexibility index (Phi) is 5.25. The smallest absolute Gasteiger partial charge is 0.248 e. The first-order valence-corrected chi connectivity index (χ1v) is 10.7. The lowest BCUT2D eigenvalue weighted by atomic mass is 10.2. The number of ether oxygens (including phenoxy) is 1. The maximum absolute atomic E-state index is 6.43. The molecule has 0 radical (unpaired) electrons. The topological polar surface area (TPSA) is 93.3 Å². The van der Waals surface area contributed by atoms with E-state index in [0.29, 0.717) is 23.1 Å². The summed E-state index contributed by atoms with van der Waals surface area (Å²) in [6.07, 6.45) is 5.03. The molecule has 4 aromatic rings. The van der Waals surface area contributed by atoms with Crippen LogP contribution in [0.25, 0.3) is 10.9 Å². The zero-order chi connectivity index (χ0) is 21.2. The Hall–Kier alpha value is -3.46. The van der Waals surface area contributed by atoms with Gasteiger partial charge in [-0.3, -0.25) is 4.98 Å². The minimum atomic E-state index is 0.325. The Bertz CT molecular complexity index is 1210. The molecule has 1 aliphatic heterocycles. The van der Waals surface area contributed by atoms with E-state index in [0.717, 1.165) is 47.4 Å². The second-order valence-corrected chi connectivity index (χ2v) is 7.98. The highest BCUT2D eigenvalue weighted by Gasteiger charge is 2.23. The van der Waals surface area contributed by atoms with E-state index in [-0.39, 0.29) is 0 Å². The molecule has 0 spiro atoms. The molecule has 0 aliphatic carbocycles. The van der Waals surface area contributed by atoms with E-state index >= 15 is 0 Å². The molecule has 3 aromatic heterocycles. The quantitative estimate of drug-likeness (QED) is 0.473. The molecule has 1 aliphatic rings. The minimum Gasteiger partial charge on any atom is -0.435 e. The summed E-state index contributed by atoms with van der Waals surface area (Å²) in [6.45, 7) is 3.22. The summed E-state index contributed by atoms with van der Waals surface area (Å²) in [5.41, 5.74) is 7.59. The predicted octanol–water partition coefficient (Wildman–Crippen LogP) is 3.88. The van der Waals surface area contributed by atoms with E-state index in [9.17, 15) is 0 Å². The van der Waals surface area contributed by atoms with E-state index in [1.54, 1.807) is 6.20 Å². The van der Waals surface area contributed by atoms with Crippen LogP contribution in [0.2, 0.25) is 0 Å². The summed E-state index contributed by atoms with van der Waals surface area (Å²) < 4.78 is 7.04. The van der Waals surface area contributed by atoms with Crippen LogP contribution in [-0.4, -0.2) is 46.1 Å². The van der Waals surface area contributed by atoms with Crippen molar-refractivity contribution in [2.45, 2.75) is 0 Å². The number of aromatic nitrogens is 4. The van der Waals surface area contributed by atoms with Crippen LogP contribution < -0.4 is 20.3 Å². The summed E-state index contributed by atoms with van der Waals surface area (Å²) in [7, 11) is 0. The minimum absolute atomic E-state index is 0.325. The van der Waals surface area contributed by atoms with Crippen molar-refractivity contribution in [1.29, 1.82) is 0 Å². The third kappa shape index (κ3) is 3.84. The van der Waals surface area contributed by atoms with Gasteiger partial charge in [0, 0.05) is 48.4 Å². The van der Waals surface area contributed by atoms with Gasteiger partial charge in [0.05, 0.1) is 0 Å². The molecule has 0 unspecified atom stereocenters. The molecule has 1 fully saturated rings. The number of anilines is 3. The van der Waals surface area contributed by atoms with Gasteiger partial charge >= 0.3 is 0 Å². The number of pyridine rings is 2. The van der Waals surface area contributed by atoms with E-state index in [4.69, 9.17) is 10.5 Å². The van der Waals surface area contributed by atoms with Crippen molar-refractivity contribution in [3.05, 3.63) is 65.7 Å². The molecule has 0 atom stereocenters. The van der Waals surface area contributed by atoms with Gasteiger partial charge in [0.2, 0.25) is 5.88 Å². The number of nitrogens with zero attached hydrogens (tertiary/aromatic N) is 6. The number of hydrogen-bond donors (Lipinski definition) is 1. The van der Waals surface area contributed by atoms with Crippen molar-refractivity contribution in [1.82, 2.24) is 19.9 Å². The fraction of sp³-hybridized carbons (Fsp3) is 0.182. The molecule has 1 saturated heterocycles. The lowest BCUT2D eigenvalue weighted by Gasteiger charge is -2.36. The van der Waals surface area contributed by atoms with Crippen molar-refractivity contribution >= 4 is 44.2 Å². The van der Waals surface area contributed by atoms with Crippen LogP contribution in [0.3, 0.4) is 0 Å². The summed E-state index contributed by atoms with van der Waals surface area (Å²) in [4.78, 5) is 22.0. The number of rotatable bonds is 4. The second kappa shape index (κ2) is 8.35. The maximum atomic E-state index is 6.43. The highest BCUT2D eigenvalue weighted by Crippen LogP contribution is 2.36. The first-order chi connectivity index (χ1) is 15.2. The second-order valence-electron chi connectivity index (χ2n) is 7.13. The Labute approximate surface area is 187 Å². The molecule has 0 amide bonds. The first-order valence-electron chi connectivity index (χ1n) is 9.93. The summed E-state index contributed by atoms with van der Waals surface area (Å²) in [5.74, 6) is 2.58. The number of halogens is 1. The largest absolute Gasteiger partial charge is 0.435 e. The summed E-state index contributed by atoms with van der Waals surface area (Å²) in [6, 6.07) is 13.6. The Morgan fingerprint density at radius 1 is 0.839 bits per heavy atom. The fourth-order valence-electron chi connectivity index (χ4n) is 3.69. The van der Waals surface area contributed by atoms with Crippen molar-refractivity contribution < 1.29 is 4.74 Å². The van der Waals surface area contributed by atoms with Crippen molar-refractivity contribution in [3.8, 4) is 11.6 Å². The number of benzene rings is 1. The van der Waals surface area contributed by atoms with Crippen LogP contribution in [0.5, 0.6) is 11.6 Å². The Morgan fingerprint density at radius 2 is 1.65 bits per heavy atom. The van der Waals surface area contributed by atoms with Gasteiger partial charge in [-0.15, -0.1) is 0 Å². The first kappa shape index (κ1) is 19.5. The number of fused-ring (bicyclic) bond motifs is 1. The zero-order valence-corrected chi connectivity index (χ0v) is 18.2. The van der Waals surface area contributed by atoms with Crippen molar-refractivity contribution in [2.75, 3.05) is 41.7 Å². The molecule has 9 heteroatoms. The van der Waals surface area contributed by atoms with Crippen LogP contribution in [0.4, 0.5) is 17.3 Å². The molecule has 0 saturated carbocycles. The van der Waals surface area contributed by atoms with Crippen LogP contribution in [-0.2, 0) is 0 Å². The third-order valence-corrected chi connectivity index (χ3v) is 5.96. The highest BCUT2D eigenvalue weighted by atomic mass is 79.9. The average Bonchev–Trinajstić information content (AvgIpc) is 2.83. The van der Waals surface area contributed by atoms with Gasteiger partial charge in [0.25, 0.3) is 0 Å². The summed E-state index contributed by atoms with van der Waals surface area (Å²) >= 11 is 3.56. The van der Waals surface area contributed by atoms with Gasteiger partial charge in [-0.2, -0.15) is 4.98 Å². The van der Waals surface area contributed by atoms with Gasteiger partial charge in [-0.05, 0) is 30.3 Å². The highest BCUT2D eigenvalue weighted by molar-refractivity contribution is 9.10. The standard InChI is InChI=1S/C22H20BrN7O/c23-16-6-7-17(20-15(16)4-3-9-26-20)31-22-19(24)21(27-14-28-22)30-12-10-29(11-13-30)18-5-1-2-8-25-18/h1-9,14H,10-13,24H2. The van der Waals surface area contributed by atoms with Gasteiger partial charge in [0.15, 0.2) is 11.6 Å². The number of hydrogen-bond acceptors (Lipinski definition) is 8. The Balaban J connectivity index is 1.38. The van der Waals surface area contributed by atoms with Crippen molar-refractivity contribution in [2.24, 2.45) is 0 Å². The maximum Gasteiger partial charge on any atom is 0.248 e. The molecule has 0 bridgehead atoms. The van der Waals surface area contributed by atoms with Gasteiger partial charge in [0.1, 0.15) is 23.3 Å². The van der Waals surface area contributed by atoms with Crippen LogP contribution in [0.1, 0.15) is 0 Å². The van der Waals surface area contributed by atoms with Crippen LogP contribution >= 0.6 is 15.9 Å². The molecule has 8 nitrogen and oxygen atoms in total. The number of nitrogens with two attached hydrogens (primary N) is 1. The van der Waals surface area contributed by atoms with E-state index < -0.39 is 0 Å². The van der Waals surface area contributed by atoms with E-state index in [1.165, 1.54) is 6.33 Å². The molecule has 4 heterocycles. The molecule has 2 N–H and O–H groups in total. The average molecular weight is 478 g/mol. The van der Waals surface area contributed by atoms with Gasteiger partial charge < -0.3 is 20.3 Å². The molecule has 1 aromatic carbocycles. The van der Waals surface area contributed by atoms with Crippen LogP contribution in [0.15, 0.2) is 65.7 Å². The normalized spacial score (nSPS) is 14.1. The number of nitrogen functional groups attached to an aromatic ring is 1.